The Kier molecular flexibility index (Phi) is 3.50. The SMILES string of the molecule is CC1=CC=C(Cl)C2O[C@](C)(C3CCC(N)CC3)OC12. The van der Waals surface area contributed by atoms with Gasteiger partial charge < -0.3 is 15.2 Å². The topological polar surface area (TPSA) is 44.5 Å². The first-order valence-corrected chi connectivity index (χ1v) is 7.52. The molecule has 1 saturated heterocycles. The molecule has 1 aliphatic heterocycles. The van der Waals surface area contributed by atoms with E-state index in [-0.39, 0.29) is 12.2 Å². The van der Waals surface area contributed by atoms with Crippen LogP contribution < -0.4 is 5.73 Å². The van der Waals surface area contributed by atoms with E-state index in [0.717, 1.165) is 30.7 Å². The largest absolute Gasteiger partial charge is 0.339 e. The van der Waals surface area contributed by atoms with Crippen LogP contribution >= 0.6 is 11.6 Å². The first kappa shape index (κ1) is 13.6. The van der Waals surface area contributed by atoms with E-state index in [1.54, 1.807) is 0 Å². The molecule has 106 valence electrons. The predicted molar refractivity (Wildman–Crippen MR) is 75.8 cm³/mol. The molecule has 4 heteroatoms. The summed E-state index contributed by atoms with van der Waals surface area (Å²) >= 11 is 6.26. The highest BCUT2D eigenvalue weighted by Gasteiger charge is 2.51. The number of rotatable bonds is 1. The molecule has 19 heavy (non-hydrogen) atoms. The second-order valence-corrected chi connectivity index (χ2v) is 6.60. The third-order valence-electron chi connectivity index (χ3n) is 4.74. The van der Waals surface area contributed by atoms with Crippen LogP contribution in [0.2, 0.25) is 0 Å². The quantitative estimate of drug-likeness (QED) is 0.804. The van der Waals surface area contributed by atoms with Gasteiger partial charge in [-0.1, -0.05) is 17.7 Å². The molecule has 1 heterocycles. The van der Waals surface area contributed by atoms with Crippen LogP contribution in [0.25, 0.3) is 0 Å². The van der Waals surface area contributed by atoms with E-state index in [9.17, 15) is 0 Å². The molecule has 0 radical (unpaired) electrons. The third kappa shape index (κ3) is 2.38. The van der Waals surface area contributed by atoms with Crippen LogP contribution in [-0.4, -0.2) is 24.0 Å². The van der Waals surface area contributed by atoms with Gasteiger partial charge in [0.25, 0.3) is 0 Å². The Labute approximate surface area is 119 Å². The Bertz CT molecular complexity index is 398. The highest BCUT2D eigenvalue weighted by molar-refractivity contribution is 6.30. The van der Waals surface area contributed by atoms with Crippen molar-refractivity contribution in [1.82, 2.24) is 0 Å². The summed E-state index contributed by atoms with van der Waals surface area (Å²) in [5, 5.41) is 0.742. The number of fused-ring (bicyclic) bond motifs is 1. The minimum atomic E-state index is -0.525. The van der Waals surface area contributed by atoms with Crippen LogP contribution in [0.3, 0.4) is 0 Å². The molecule has 0 aromatic carbocycles. The maximum Gasteiger partial charge on any atom is 0.170 e. The van der Waals surface area contributed by atoms with Gasteiger partial charge >= 0.3 is 0 Å². The van der Waals surface area contributed by atoms with Gasteiger partial charge in [-0.05, 0) is 51.2 Å². The fourth-order valence-corrected chi connectivity index (χ4v) is 3.65. The number of ether oxygens (including phenoxy) is 2. The zero-order chi connectivity index (χ0) is 13.6. The van der Waals surface area contributed by atoms with Crippen molar-refractivity contribution in [3.8, 4) is 0 Å². The summed E-state index contributed by atoms with van der Waals surface area (Å²) in [7, 11) is 0. The molecule has 3 rings (SSSR count). The molecule has 3 atom stereocenters. The van der Waals surface area contributed by atoms with Crippen LogP contribution in [-0.2, 0) is 9.47 Å². The number of nitrogens with two attached hydrogens (primary N) is 1. The van der Waals surface area contributed by atoms with Gasteiger partial charge in [0.15, 0.2) is 5.79 Å². The van der Waals surface area contributed by atoms with Crippen molar-refractivity contribution in [3.63, 3.8) is 0 Å². The van der Waals surface area contributed by atoms with E-state index >= 15 is 0 Å². The monoisotopic (exact) mass is 283 g/mol. The Morgan fingerprint density at radius 3 is 2.42 bits per heavy atom. The van der Waals surface area contributed by atoms with Crippen molar-refractivity contribution in [3.05, 3.63) is 22.8 Å². The lowest BCUT2D eigenvalue weighted by Crippen LogP contribution is -2.41. The zero-order valence-corrected chi connectivity index (χ0v) is 12.3. The van der Waals surface area contributed by atoms with Crippen LogP contribution in [0, 0.1) is 5.92 Å². The number of halogens is 1. The average Bonchev–Trinajstić information content (AvgIpc) is 2.75. The van der Waals surface area contributed by atoms with Crippen molar-refractivity contribution < 1.29 is 9.47 Å². The van der Waals surface area contributed by atoms with E-state index in [1.807, 2.05) is 12.2 Å². The summed E-state index contributed by atoms with van der Waals surface area (Å²) in [6, 6.07) is 0.341. The Morgan fingerprint density at radius 2 is 1.79 bits per heavy atom. The minimum absolute atomic E-state index is 0.0295. The summed E-state index contributed by atoms with van der Waals surface area (Å²) in [4.78, 5) is 0. The Hall–Kier alpha value is -0.350. The zero-order valence-electron chi connectivity index (χ0n) is 11.6. The fourth-order valence-electron chi connectivity index (χ4n) is 3.42. The maximum atomic E-state index is 6.26. The molecule has 1 saturated carbocycles. The van der Waals surface area contributed by atoms with Crippen LogP contribution in [0.5, 0.6) is 0 Å². The first-order chi connectivity index (χ1) is 8.99. The number of hydrogen-bond acceptors (Lipinski definition) is 3. The molecule has 2 unspecified atom stereocenters. The van der Waals surface area contributed by atoms with Crippen molar-refractivity contribution in [2.75, 3.05) is 0 Å². The molecule has 2 fully saturated rings. The van der Waals surface area contributed by atoms with E-state index in [2.05, 4.69) is 13.8 Å². The molecular formula is C15H22ClNO2. The Balaban J connectivity index is 1.77. The molecule has 0 spiro atoms. The second-order valence-electron chi connectivity index (χ2n) is 6.17. The van der Waals surface area contributed by atoms with Crippen molar-refractivity contribution in [2.24, 2.45) is 11.7 Å². The van der Waals surface area contributed by atoms with E-state index in [0.29, 0.717) is 12.0 Å². The van der Waals surface area contributed by atoms with Crippen LogP contribution in [0.15, 0.2) is 22.8 Å². The molecule has 0 aromatic heterocycles. The lowest BCUT2D eigenvalue weighted by molar-refractivity contribution is -0.199. The van der Waals surface area contributed by atoms with Crippen molar-refractivity contribution in [2.45, 2.75) is 63.6 Å². The van der Waals surface area contributed by atoms with E-state index in [4.69, 9.17) is 26.8 Å². The standard InChI is InChI=1S/C15H22ClNO2/c1-9-3-8-12(16)14-13(9)18-15(2,19-14)10-4-6-11(17)7-5-10/h3,8,10-11,13-14H,4-7,17H2,1-2H3/t10?,11?,13?,14?,15-/m1/s1. The Morgan fingerprint density at radius 1 is 1.16 bits per heavy atom. The maximum absolute atomic E-state index is 6.26. The van der Waals surface area contributed by atoms with Gasteiger partial charge in [0.2, 0.25) is 0 Å². The van der Waals surface area contributed by atoms with Gasteiger partial charge in [-0.3, -0.25) is 0 Å². The smallest absolute Gasteiger partial charge is 0.170 e. The highest BCUT2D eigenvalue weighted by Crippen LogP contribution is 2.46. The van der Waals surface area contributed by atoms with Crippen molar-refractivity contribution >= 4 is 11.6 Å². The summed E-state index contributed by atoms with van der Waals surface area (Å²) in [5.41, 5.74) is 7.16. The average molecular weight is 284 g/mol. The summed E-state index contributed by atoms with van der Waals surface area (Å²) < 4.78 is 12.5. The summed E-state index contributed by atoms with van der Waals surface area (Å²) in [5.74, 6) is -0.113. The summed E-state index contributed by atoms with van der Waals surface area (Å²) in [6.45, 7) is 4.13. The normalized spacial score (nSPS) is 46.5. The molecule has 2 aliphatic carbocycles. The molecule has 0 aromatic rings. The molecule has 2 N–H and O–H groups in total. The molecular weight excluding hydrogens is 262 g/mol. The molecule has 3 aliphatic rings. The van der Waals surface area contributed by atoms with E-state index < -0.39 is 5.79 Å². The number of allylic oxidation sites excluding steroid dienone is 2. The van der Waals surface area contributed by atoms with E-state index in [1.165, 1.54) is 5.57 Å². The molecule has 0 amide bonds. The van der Waals surface area contributed by atoms with Crippen LogP contribution in [0.1, 0.15) is 39.5 Å². The van der Waals surface area contributed by atoms with Crippen molar-refractivity contribution in [1.29, 1.82) is 0 Å². The van der Waals surface area contributed by atoms with Gasteiger partial charge in [0.05, 0.1) is 5.03 Å². The van der Waals surface area contributed by atoms with Gasteiger partial charge in [0.1, 0.15) is 12.2 Å². The summed E-state index contributed by atoms with van der Waals surface area (Å²) in [6.07, 6.45) is 8.04. The molecule has 3 nitrogen and oxygen atoms in total. The molecule has 0 bridgehead atoms. The van der Waals surface area contributed by atoms with Gasteiger partial charge in [0, 0.05) is 12.0 Å². The fraction of sp³-hybridized carbons (Fsp3) is 0.733. The van der Waals surface area contributed by atoms with Gasteiger partial charge in [-0.25, -0.2) is 0 Å². The van der Waals surface area contributed by atoms with Crippen LogP contribution in [0.4, 0.5) is 0 Å². The predicted octanol–water partition coefficient (Wildman–Crippen LogP) is 3.09. The van der Waals surface area contributed by atoms with Gasteiger partial charge in [-0.15, -0.1) is 0 Å². The first-order valence-electron chi connectivity index (χ1n) is 7.15. The third-order valence-corrected chi connectivity index (χ3v) is 5.08. The minimum Gasteiger partial charge on any atom is -0.339 e. The lowest BCUT2D eigenvalue weighted by atomic mass is 9.81. The van der Waals surface area contributed by atoms with Gasteiger partial charge in [-0.2, -0.15) is 0 Å². The number of hydrogen-bond donors (Lipinski definition) is 1. The second kappa shape index (κ2) is 4.88. The highest BCUT2D eigenvalue weighted by atomic mass is 35.5. The lowest BCUT2D eigenvalue weighted by Gasteiger charge is -2.37.